The van der Waals surface area contributed by atoms with Crippen LogP contribution in [0.2, 0.25) is 0 Å². The van der Waals surface area contributed by atoms with Gasteiger partial charge in [0.1, 0.15) is 5.75 Å². The molecule has 21 heavy (non-hydrogen) atoms. The zero-order valence-corrected chi connectivity index (χ0v) is 13.5. The van der Waals surface area contributed by atoms with E-state index < -0.39 is 0 Å². The van der Waals surface area contributed by atoms with Gasteiger partial charge in [-0.05, 0) is 61.3 Å². The summed E-state index contributed by atoms with van der Waals surface area (Å²) >= 11 is 0. The van der Waals surface area contributed by atoms with Crippen molar-refractivity contribution in [3.63, 3.8) is 0 Å². The lowest BCUT2D eigenvalue weighted by Gasteiger charge is -2.37. The van der Waals surface area contributed by atoms with Crippen molar-refractivity contribution in [3.8, 4) is 5.75 Å². The van der Waals surface area contributed by atoms with Crippen LogP contribution in [0.3, 0.4) is 0 Å². The SMILES string of the molecule is CCC1CCCCC1NC1CCCc2ccc(OC)cc21. The molecule has 1 aromatic carbocycles. The number of benzene rings is 1. The lowest BCUT2D eigenvalue weighted by atomic mass is 9.80. The minimum Gasteiger partial charge on any atom is -0.497 e. The normalized spacial score (nSPS) is 29.0. The van der Waals surface area contributed by atoms with Crippen LogP contribution in [0, 0.1) is 5.92 Å². The maximum Gasteiger partial charge on any atom is 0.119 e. The summed E-state index contributed by atoms with van der Waals surface area (Å²) < 4.78 is 5.43. The van der Waals surface area contributed by atoms with E-state index in [1.807, 2.05) is 0 Å². The molecule has 0 bridgehead atoms. The number of nitrogens with one attached hydrogen (secondary N) is 1. The first-order valence-corrected chi connectivity index (χ1v) is 8.74. The van der Waals surface area contributed by atoms with Crippen molar-refractivity contribution in [2.45, 2.75) is 70.4 Å². The van der Waals surface area contributed by atoms with Gasteiger partial charge in [0.05, 0.1) is 7.11 Å². The van der Waals surface area contributed by atoms with Crippen LogP contribution in [0.5, 0.6) is 5.75 Å². The molecular weight excluding hydrogens is 258 g/mol. The molecule has 0 heterocycles. The van der Waals surface area contributed by atoms with Crippen LogP contribution in [0.4, 0.5) is 0 Å². The first kappa shape index (κ1) is 14.9. The average Bonchev–Trinajstić information content (AvgIpc) is 2.55. The van der Waals surface area contributed by atoms with Crippen molar-refractivity contribution in [2.75, 3.05) is 7.11 Å². The van der Waals surface area contributed by atoms with E-state index in [0.29, 0.717) is 12.1 Å². The molecule has 2 aliphatic carbocycles. The molecule has 0 aliphatic heterocycles. The number of aryl methyl sites for hydroxylation is 1. The standard InChI is InChI=1S/C19H29NO/c1-3-14-7-4-5-9-18(14)20-19-10-6-8-15-11-12-16(21-2)13-17(15)19/h11-14,18-20H,3-10H2,1-2H3. The zero-order valence-electron chi connectivity index (χ0n) is 13.5. The number of fused-ring (bicyclic) bond motifs is 1. The summed E-state index contributed by atoms with van der Waals surface area (Å²) in [5.74, 6) is 1.87. The Morgan fingerprint density at radius 3 is 2.81 bits per heavy atom. The third-order valence-electron chi connectivity index (χ3n) is 5.52. The molecule has 0 amide bonds. The maximum atomic E-state index is 5.43. The highest BCUT2D eigenvalue weighted by Gasteiger charge is 2.28. The molecular formula is C19H29NO. The Balaban J connectivity index is 1.77. The van der Waals surface area contributed by atoms with E-state index in [1.165, 1.54) is 62.5 Å². The summed E-state index contributed by atoms with van der Waals surface area (Å²) in [6.45, 7) is 2.35. The summed E-state index contributed by atoms with van der Waals surface area (Å²) in [7, 11) is 1.77. The molecule has 0 spiro atoms. The van der Waals surface area contributed by atoms with Crippen molar-refractivity contribution >= 4 is 0 Å². The van der Waals surface area contributed by atoms with E-state index in [2.05, 4.69) is 30.4 Å². The molecule has 0 saturated heterocycles. The van der Waals surface area contributed by atoms with E-state index in [-0.39, 0.29) is 0 Å². The molecule has 1 aromatic rings. The Kier molecular flexibility index (Phi) is 4.84. The van der Waals surface area contributed by atoms with Crippen LogP contribution in [-0.2, 0) is 6.42 Å². The maximum absolute atomic E-state index is 5.43. The topological polar surface area (TPSA) is 21.3 Å². The summed E-state index contributed by atoms with van der Waals surface area (Å²) in [5, 5.41) is 4.01. The molecule has 3 rings (SSSR count). The molecule has 3 atom stereocenters. The fraction of sp³-hybridized carbons (Fsp3) is 0.684. The molecule has 1 saturated carbocycles. The molecule has 2 nitrogen and oxygen atoms in total. The zero-order chi connectivity index (χ0) is 14.7. The molecule has 2 aliphatic rings. The van der Waals surface area contributed by atoms with Gasteiger partial charge in [0, 0.05) is 12.1 Å². The van der Waals surface area contributed by atoms with Gasteiger partial charge in [-0.3, -0.25) is 0 Å². The van der Waals surface area contributed by atoms with Crippen LogP contribution in [0.25, 0.3) is 0 Å². The smallest absolute Gasteiger partial charge is 0.119 e. The van der Waals surface area contributed by atoms with E-state index in [9.17, 15) is 0 Å². The second-order valence-electron chi connectivity index (χ2n) is 6.74. The van der Waals surface area contributed by atoms with Crippen LogP contribution in [0.1, 0.15) is 69.0 Å². The number of methoxy groups -OCH3 is 1. The Labute approximate surface area is 129 Å². The van der Waals surface area contributed by atoms with E-state index in [4.69, 9.17) is 4.74 Å². The van der Waals surface area contributed by atoms with Gasteiger partial charge in [0.2, 0.25) is 0 Å². The van der Waals surface area contributed by atoms with Gasteiger partial charge in [-0.25, -0.2) is 0 Å². The fourth-order valence-corrected chi connectivity index (χ4v) is 4.25. The second kappa shape index (κ2) is 6.83. The summed E-state index contributed by atoms with van der Waals surface area (Å²) in [6, 6.07) is 7.87. The van der Waals surface area contributed by atoms with Gasteiger partial charge in [-0.1, -0.05) is 32.3 Å². The molecule has 1 N–H and O–H groups in total. The Hall–Kier alpha value is -1.02. The van der Waals surface area contributed by atoms with Crippen molar-refractivity contribution < 1.29 is 4.74 Å². The minimum absolute atomic E-state index is 0.529. The van der Waals surface area contributed by atoms with E-state index in [1.54, 1.807) is 7.11 Å². The van der Waals surface area contributed by atoms with Gasteiger partial charge in [-0.15, -0.1) is 0 Å². The molecule has 0 radical (unpaired) electrons. The average molecular weight is 287 g/mol. The third kappa shape index (κ3) is 3.26. The van der Waals surface area contributed by atoms with Crippen molar-refractivity contribution in [1.29, 1.82) is 0 Å². The fourth-order valence-electron chi connectivity index (χ4n) is 4.25. The Morgan fingerprint density at radius 1 is 1.14 bits per heavy atom. The number of hydrogen-bond donors (Lipinski definition) is 1. The summed E-state index contributed by atoms with van der Waals surface area (Å²) in [5.41, 5.74) is 3.00. The van der Waals surface area contributed by atoms with Gasteiger partial charge in [0.25, 0.3) is 0 Å². The van der Waals surface area contributed by atoms with Gasteiger partial charge >= 0.3 is 0 Å². The largest absolute Gasteiger partial charge is 0.497 e. The Bertz CT molecular complexity index is 471. The lowest BCUT2D eigenvalue weighted by molar-refractivity contribution is 0.229. The predicted molar refractivity (Wildman–Crippen MR) is 87.8 cm³/mol. The van der Waals surface area contributed by atoms with Crippen LogP contribution >= 0.6 is 0 Å². The van der Waals surface area contributed by atoms with E-state index >= 15 is 0 Å². The Morgan fingerprint density at radius 2 is 2.00 bits per heavy atom. The van der Waals surface area contributed by atoms with Crippen molar-refractivity contribution in [1.82, 2.24) is 5.32 Å². The summed E-state index contributed by atoms with van der Waals surface area (Å²) in [6.07, 6.45) is 10.7. The highest BCUT2D eigenvalue weighted by Crippen LogP contribution is 2.35. The third-order valence-corrected chi connectivity index (χ3v) is 5.52. The monoisotopic (exact) mass is 287 g/mol. The van der Waals surface area contributed by atoms with Crippen LogP contribution in [0.15, 0.2) is 18.2 Å². The molecule has 0 aromatic heterocycles. The highest BCUT2D eigenvalue weighted by atomic mass is 16.5. The van der Waals surface area contributed by atoms with Crippen molar-refractivity contribution in [2.24, 2.45) is 5.92 Å². The minimum atomic E-state index is 0.529. The summed E-state index contributed by atoms with van der Waals surface area (Å²) in [4.78, 5) is 0. The number of rotatable bonds is 4. The highest BCUT2D eigenvalue weighted by molar-refractivity contribution is 5.39. The lowest BCUT2D eigenvalue weighted by Crippen LogP contribution is -2.41. The molecule has 2 heteroatoms. The van der Waals surface area contributed by atoms with Gasteiger partial charge < -0.3 is 10.1 Å². The second-order valence-corrected chi connectivity index (χ2v) is 6.74. The van der Waals surface area contributed by atoms with Gasteiger partial charge in [0.15, 0.2) is 0 Å². The molecule has 116 valence electrons. The first-order chi connectivity index (χ1) is 10.3. The quantitative estimate of drug-likeness (QED) is 0.871. The van der Waals surface area contributed by atoms with Crippen LogP contribution in [-0.4, -0.2) is 13.2 Å². The number of hydrogen-bond acceptors (Lipinski definition) is 2. The predicted octanol–water partition coefficient (Wildman–Crippen LogP) is 4.63. The molecule has 1 fully saturated rings. The van der Waals surface area contributed by atoms with E-state index in [0.717, 1.165) is 11.7 Å². The van der Waals surface area contributed by atoms with Crippen molar-refractivity contribution in [3.05, 3.63) is 29.3 Å². The van der Waals surface area contributed by atoms with Gasteiger partial charge in [-0.2, -0.15) is 0 Å². The first-order valence-electron chi connectivity index (χ1n) is 8.74. The number of ether oxygens (including phenoxy) is 1. The van der Waals surface area contributed by atoms with Crippen LogP contribution < -0.4 is 10.1 Å². The molecule has 3 unspecified atom stereocenters.